The van der Waals surface area contributed by atoms with Crippen LogP contribution in [0.2, 0.25) is 0 Å². The standard InChI is InChI=1S/C21H22F2N2O2/c1-13-3-5-17(11-14(13)2)24-20(26)15-7-9-25(10-8-15)21(27)18-6-4-16(22)12-19(18)23/h3-6,11-12,15H,7-10H2,1-2H3,(H,24,26). The normalized spacial score (nSPS) is 14.9. The van der Waals surface area contributed by atoms with Crippen molar-refractivity contribution in [2.24, 2.45) is 5.92 Å². The van der Waals surface area contributed by atoms with Crippen molar-refractivity contribution < 1.29 is 18.4 Å². The third kappa shape index (κ3) is 4.32. The molecule has 1 saturated heterocycles. The van der Waals surface area contributed by atoms with Gasteiger partial charge in [-0.3, -0.25) is 9.59 Å². The average Bonchev–Trinajstić information content (AvgIpc) is 2.64. The molecular weight excluding hydrogens is 350 g/mol. The Morgan fingerprint density at radius 3 is 2.33 bits per heavy atom. The van der Waals surface area contributed by atoms with Crippen molar-refractivity contribution in [2.75, 3.05) is 18.4 Å². The molecule has 1 aliphatic heterocycles. The van der Waals surface area contributed by atoms with Gasteiger partial charge in [-0.25, -0.2) is 8.78 Å². The van der Waals surface area contributed by atoms with E-state index < -0.39 is 17.5 Å². The van der Waals surface area contributed by atoms with Crippen LogP contribution in [0.3, 0.4) is 0 Å². The Hall–Kier alpha value is -2.76. The molecule has 2 aromatic carbocycles. The Bertz CT molecular complexity index is 874. The lowest BCUT2D eigenvalue weighted by Gasteiger charge is -2.31. The highest BCUT2D eigenvalue weighted by atomic mass is 19.1. The van der Waals surface area contributed by atoms with Gasteiger partial charge in [0.25, 0.3) is 5.91 Å². The first kappa shape index (κ1) is 19.0. The van der Waals surface area contributed by atoms with Gasteiger partial charge in [-0.2, -0.15) is 0 Å². The predicted molar refractivity (Wildman–Crippen MR) is 99.5 cm³/mol. The van der Waals surface area contributed by atoms with E-state index in [2.05, 4.69) is 5.32 Å². The molecule has 2 amide bonds. The summed E-state index contributed by atoms with van der Waals surface area (Å²) in [6.45, 7) is 4.72. The quantitative estimate of drug-likeness (QED) is 0.883. The molecule has 6 heteroatoms. The molecule has 2 aromatic rings. The number of rotatable bonds is 3. The van der Waals surface area contributed by atoms with E-state index in [0.29, 0.717) is 32.0 Å². The van der Waals surface area contributed by atoms with E-state index >= 15 is 0 Å². The molecule has 1 N–H and O–H groups in total. The largest absolute Gasteiger partial charge is 0.339 e. The van der Waals surface area contributed by atoms with E-state index in [1.54, 1.807) is 0 Å². The van der Waals surface area contributed by atoms with Crippen LogP contribution in [0, 0.1) is 31.4 Å². The molecule has 1 aliphatic rings. The van der Waals surface area contributed by atoms with Crippen molar-refractivity contribution in [2.45, 2.75) is 26.7 Å². The molecule has 142 valence electrons. The highest BCUT2D eigenvalue weighted by Crippen LogP contribution is 2.23. The Balaban J connectivity index is 1.58. The van der Waals surface area contributed by atoms with Gasteiger partial charge in [0.05, 0.1) is 5.56 Å². The van der Waals surface area contributed by atoms with Crippen LogP contribution in [-0.2, 0) is 4.79 Å². The van der Waals surface area contributed by atoms with E-state index in [1.807, 2.05) is 32.0 Å². The maximum atomic E-state index is 13.8. The minimum atomic E-state index is -0.866. The molecule has 0 bridgehead atoms. The van der Waals surface area contributed by atoms with Crippen molar-refractivity contribution in [1.29, 1.82) is 0 Å². The predicted octanol–water partition coefficient (Wildman–Crippen LogP) is 4.07. The number of nitrogens with one attached hydrogen (secondary N) is 1. The first-order valence-corrected chi connectivity index (χ1v) is 8.97. The number of likely N-dealkylation sites (tertiary alicyclic amines) is 1. The molecule has 1 fully saturated rings. The summed E-state index contributed by atoms with van der Waals surface area (Å²) >= 11 is 0. The Morgan fingerprint density at radius 2 is 1.70 bits per heavy atom. The maximum Gasteiger partial charge on any atom is 0.256 e. The number of piperidine rings is 1. The average molecular weight is 372 g/mol. The summed E-state index contributed by atoms with van der Waals surface area (Å²) in [6, 6.07) is 8.70. The zero-order valence-corrected chi connectivity index (χ0v) is 15.4. The maximum absolute atomic E-state index is 13.8. The number of hydrogen-bond donors (Lipinski definition) is 1. The minimum absolute atomic E-state index is 0.0710. The van der Waals surface area contributed by atoms with Crippen LogP contribution in [0.15, 0.2) is 36.4 Å². The second-order valence-electron chi connectivity index (χ2n) is 6.98. The van der Waals surface area contributed by atoms with Gasteiger partial charge >= 0.3 is 0 Å². The van der Waals surface area contributed by atoms with Crippen molar-refractivity contribution >= 4 is 17.5 Å². The van der Waals surface area contributed by atoms with E-state index in [9.17, 15) is 18.4 Å². The fourth-order valence-electron chi connectivity index (χ4n) is 3.24. The van der Waals surface area contributed by atoms with Crippen molar-refractivity contribution in [1.82, 2.24) is 4.90 Å². The van der Waals surface area contributed by atoms with E-state index in [1.165, 1.54) is 4.90 Å². The van der Waals surface area contributed by atoms with Crippen LogP contribution < -0.4 is 5.32 Å². The van der Waals surface area contributed by atoms with Crippen LogP contribution in [0.1, 0.15) is 34.3 Å². The molecule has 0 spiro atoms. The van der Waals surface area contributed by atoms with Crippen molar-refractivity contribution in [3.05, 3.63) is 64.7 Å². The van der Waals surface area contributed by atoms with Crippen molar-refractivity contribution in [3.8, 4) is 0 Å². The summed E-state index contributed by atoms with van der Waals surface area (Å²) in [5.74, 6) is -2.33. The summed E-state index contributed by atoms with van der Waals surface area (Å²) < 4.78 is 26.8. The van der Waals surface area contributed by atoms with Gasteiger partial charge in [0.1, 0.15) is 11.6 Å². The fourth-order valence-corrected chi connectivity index (χ4v) is 3.24. The summed E-state index contributed by atoms with van der Waals surface area (Å²) in [5.41, 5.74) is 2.88. The molecular formula is C21H22F2N2O2. The highest BCUT2D eigenvalue weighted by molar-refractivity contribution is 5.95. The number of nitrogens with zero attached hydrogens (tertiary/aromatic N) is 1. The fraction of sp³-hybridized carbons (Fsp3) is 0.333. The van der Waals surface area contributed by atoms with E-state index in [4.69, 9.17) is 0 Å². The number of carbonyl (C=O) groups excluding carboxylic acids is 2. The number of aryl methyl sites for hydroxylation is 2. The molecule has 3 rings (SSSR count). The highest BCUT2D eigenvalue weighted by Gasteiger charge is 2.29. The van der Waals surface area contributed by atoms with Crippen molar-refractivity contribution in [3.63, 3.8) is 0 Å². The molecule has 0 radical (unpaired) electrons. The zero-order chi connectivity index (χ0) is 19.6. The Kier molecular flexibility index (Phi) is 5.54. The molecule has 4 nitrogen and oxygen atoms in total. The SMILES string of the molecule is Cc1ccc(NC(=O)C2CCN(C(=O)c3ccc(F)cc3F)CC2)cc1C. The van der Waals surface area contributed by atoms with Crippen LogP contribution in [0.4, 0.5) is 14.5 Å². The summed E-state index contributed by atoms with van der Waals surface area (Å²) in [6.07, 6.45) is 1.01. The first-order valence-electron chi connectivity index (χ1n) is 8.97. The third-order valence-electron chi connectivity index (χ3n) is 5.09. The smallest absolute Gasteiger partial charge is 0.256 e. The lowest BCUT2D eigenvalue weighted by molar-refractivity contribution is -0.121. The lowest BCUT2D eigenvalue weighted by atomic mass is 9.95. The molecule has 27 heavy (non-hydrogen) atoms. The van der Waals surface area contributed by atoms with Gasteiger partial charge in [-0.1, -0.05) is 6.07 Å². The molecule has 0 unspecified atom stereocenters. The second-order valence-corrected chi connectivity index (χ2v) is 6.98. The number of benzene rings is 2. The number of anilines is 1. The zero-order valence-electron chi connectivity index (χ0n) is 15.4. The van der Waals surface area contributed by atoms with E-state index in [0.717, 1.165) is 28.9 Å². The third-order valence-corrected chi connectivity index (χ3v) is 5.09. The molecule has 0 aliphatic carbocycles. The number of halogens is 2. The topological polar surface area (TPSA) is 49.4 Å². The van der Waals surface area contributed by atoms with Crippen LogP contribution in [0.5, 0.6) is 0 Å². The van der Waals surface area contributed by atoms with Gasteiger partial charge in [0, 0.05) is 30.8 Å². The molecule has 0 saturated carbocycles. The van der Waals surface area contributed by atoms with E-state index in [-0.39, 0.29) is 17.4 Å². The summed E-state index contributed by atoms with van der Waals surface area (Å²) in [4.78, 5) is 26.4. The molecule has 0 atom stereocenters. The van der Waals surface area contributed by atoms with Crippen LogP contribution >= 0.6 is 0 Å². The monoisotopic (exact) mass is 372 g/mol. The number of carbonyl (C=O) groups is 2. The molecule has 0 aromatic heterocycles. The van der Waals surface area contributed by atoms with Gasteiger partial charge in [0.15, 0.2) is 0 Å². The minimum Gasteiger partial charge on any atom is -0.339 e. The molecule has 1 heterocycles. The summed E-state index contributed by atoms with van der Waals surface area (Å²) in [7, 11) is 0. The van der Waals surface area contributed by atoms with Gasteiger partial charge in [0.2, 0.25) is 5.91 Å². The first-order chi connectivity index (χ1) is 12.8. The van der Waals surface area contributed by atoms with Gasteiger partial charge in [-0.15, -0.1) is 0 Å². The summed E-state index contributed by atoms with van der Waals surface area (Å²) in [5, 5.41) is 2.93. The number of hydrogen-bond acceptors (Lipinski definition) is 2. The Morgan fingerprint density at radius 1 is 1.00 bits per heavy atom. The van der Waals surface area contributed by atoms with Gasteiger partial charge in [-0.05, 0) is 62.1 Å². The second kappa shape index (κ2) is 7.86. The Labute approximate surface area is 157 Å². The van der Waals surface area contributed by atoms with Crippen LogP contribution in [-0.4, -0.2) is 29.8 Å². The van der Waals surface area contributed by atoms with Crippen LogP contribution in [0.25, 0.3) is 0 Å². The van der Waals surface area contributed by atoms with Gasteiger partial charge < -0.3 is 10.2 Å². The lowest BCUT2D eigenvalue weighted by Crippen LogP contribution is -2.41. The number of amides is 2.